The number of aromatic nitrogens is 1. The average molecular weight is 255 g/mol. The van der Waals surface area contributed by atoms with Crippen LogP contribution in [0.4, 0.5) is 11.4 Å². The van der Waals surface area contributed by atoms with Gasteiger partial charge in [0.15, 0.2) is 0 Å². The molecule has 0 radical (unpaired) electrons. The summed E-state index contributed by atoms with van der Waals surface area (Å²) in [7, 11) is 0. The molecule has 0 aliphatic rings. The zero-order valence-corrected chi connectivity index (χ0v) is 11.3. The molecule has 0 atom stereocenters. The SMILES string of the molecule is Cc1ccc(C(=O)Nc2cc(C)c(C)cc2N)cn1. The second kappa shape index (κ2) is 5.10. The normalized spacial score (nSPS) is 10.3. The number of nitrogens with one attached hydrogen (secondary N) is 1. The maximum atomic E-state index is 12.1. The minimum Gasteiger partial charge on any atom is -0.397 e. The first-order chi connectivity index (χ1) is 8.97. The molecular formula is C15H17N3O. The first-order valence-corrected chi connectivity index (χ1v) is 6.08. The molecule has 0 aliphatic heterocycles. The molecule has 19 heavy (non-hydrogen) atoms. The van der Waals surface area contributed by atoms with Gasteiger partial charge in [-0.1, -0.05) is 0 Å². The Morgan fingerprint density at radius 3 is 2.47 bits per heavy atom. The second-order valence-electron chi connectivity index (χ2n) is 4.67. The molecule has 1 amide bonds. The lowest BCUT2D eigenvalue weighted by molar-refractivity contribution is 0.102. The third kappa shape index (κ3) is 2.91. The van der Waals surface area contributed by atoms with E-state index in [4.69, 9.17) is 5.73 Å². The van der Waals surface area contributed by atoms with E-state index in [0.29, 0.717) is 16.9 Å². The Labute approximate surface area is 112 Å². The zero-order valence-electron chi connectivity index (χ0n) is 11.3. The fourth-order valence-corrected chi connectivity index (χ4v) is 1.74. The minimum atomic E-state index is -0.206. The van der Waals surface area contributed by atoms with E-state index >= 15 is 0 Å². The highest BCUT2D eigenvalue weighted by atomic mass is 16.1. The van der Waals surface area contributed by atoms with Gasteiger partial charge in [0, 0.05) is 11.9 Å². The van der Waals surface area contributed by atoms with E-state index in [1.165, 1.54) is 0 Å². The highest BCUT2D eigenvalue weighted by molar-refractivity contribution is 6.05. The molecule has 0 unspecified atom stereocenters. The summed E-state index contributed by atoms with van der Waals surface area (Å²) in [6.07, 6.45) is 1.56. The molecule has 3 N–H and O–H groups in total. The summed E-state index contributed by atoms with van der Waals surface area (Å²) < 4.78 is 0. The number of carbonyl (C=O) groups excluding carboxylic acids is 1. The predicted molar refractivity (Wildman–Crippen MR) is 77.3 cm³/mol. The van der Waals surface area contributed by atoms with Gasteiger partial charge in [-0.25, -0.2) is 0 Å². The lowest BCUT2D eigenvalue weighted by Gasteiger charge is -2.11. The minimum absolute atomic E-state index is 0.206. The van der Waals surface area contributed by atoms with Crippen molar-refractivity contribution < 1.29 is 4.79 Å². The standard InChI is InChI=1S/C15H17N3O/c1-9-6-13(16)14(7-10(9)2)18-15(19)12-5-4-11(3)17-8-12/h4-8H,16H2,1-3H3,(H,18,19). The Kier molecular flexibility index (Phi) is 3.51. The molecule has 0 bridgehead atoms. The fourth-order valence-electron chi connectivity index (χ4n) is 1.74. The summed E-state index contributed by atoms with van der Waals surface area (Å²) in [4.78, 5) is 16.2. The van der Waals surface area contributed by atoms with Crippen LogP contribution in [0.3, 0.4) is 0 Å². The summed E-state index contributed by atoms with van der Waals surface area (Å²) in [6, 6.07) is 7.29. The van der Waals surface area contributed by atoms with E-state index in [-0.39, 0.29) is 5.91 Å². The molecule has 0 saturated carbocycles. The largest absolute Gasteiger partial charge is 0.397 e. The number of anilines is 2. The number of benzene rings is 1. The molecule has 2 aromatic rings. The Hall–Kier alpha value is -2.36. The van der Waals surface area contributed by atoms with Gasteiger partial charge in [-0.2, -0.15) is 0 Å². The Balaban J connectivity index is 2.24. The number of aryl methyl sites for hydroxylation is 3. The van der Waals surface area contributed by atoms with Crippen LogP contribution in [0.2, 0.25) is 0 Å². The average Bonchev–Trinajstić information content (AvgIpc) is 2.36. The van der Waals surface area contributed by atoms with Crippen molar-refractivity contribution in [2.45, 2.75) is 20.8 Å². The van der Waals surface area contributed by atoms with E-state index in [0.717, 1.165) is 16.8 Å². The summed E-state index contributed by atoms with van der Waals surface area (Å²) >= 11 is 0. The van der Waals surface area contributed by atoms with Gasteiger partial charge in [-0.05, 0) is 56.2 Å². The van der Waals surface area contributed by atoms with Gasteiger partial charge in [-0.3, -0.25) is 9.78 Å². The Morgan fingerprint density at radius 2 is 1.84 bits per heavy atom. The summed E-state index contributed by atoms with van der Waals surface area (Å²) in [6.45, 7) is 5.85. The fraction of sp³-hybridized carbons (Fsp3) is 0.200. The van der Waals surface area contributed by atoms with Crippen LogP contribution < -0.4 is 11.1 Å². The van der Waals surface area contributed by atoms with Gasteiger partial charge in [0.05, 0.1) is 16.9 Å². The van der Waals surface area contributed by atoms with Crippen LogP contribution in [0.5, 0.6) is 0 Å². The van der Waals surface area contributed by atoms with Gasteiger partial charge in [0.1, 0.15) is 0 Å². The van der Waals surface area contributed by atoms with Gasteiger partial charge in [-0.15, -0.1) is 0 Å². The van der Waals surface area contributed by atoms with Crippen LogP contribution in [0, 0.1) is 20.8 Å². The molecule has 0 fully saturated rings. The summed E-state index contributed by atoms with van der Waals surface area (Å²) in [5.41, 5.74) is 10.7. The van der Waals surface area contributed by atoms with E-state index in [1.54, 1.807) is 18.3 Å². The molecule has 0 spiro atoms. The van der Waals surface area contributed by atoms with Crippen molar-refractivity contribution >= 4 is 17.3 Å². The third-order valence-corrected chi connectivity index (χ3v) is 3.09. The number of hydrogen-bond acceptors (Lipinski definition) is 3. The first kappa shape index (κ1) is 13.1. The predicted octanol–water partition coefficient (Wildman–Crippen LogP) is 2.84. The van der Waals surface area contributed by atoms with E-state index in [2.05, 4.69) is 10.3 Å². The van der Waals surface area contributed by atoms with Crippen molar-refractivity contribution in [1.29, 1.82) is 0 Å². The molecule has 1 aromatic heterocycles. The lowest BCUT2D eigenvalue weighted by Crippen LogP contribution is -2.14. The van der Waals surface area contributed by atoms with Crippen molar-refractivity contribution in [3.05, 3.63) is 52.8 Å². The molecular weight excluding hydrogens is 238 g/mol. The molecule has 0 aliphatic carbocycles. The number of amides is 1. The van der Waals surface area contributed by atoms with Crippen LogP contribution >= 0.6 is 0 Å². The number of rotatable bonds is 2. The molecule has 2 rings (SSSR count). The smallest absolute Gasteiger partial charge is 0.257 e. The summed E-state index contributed by atoms with van der Waals surface area (Å²) in [5, 5.41) is 2.81. The number of carbonyl (C=O) groups is 1. The highest BCUT2D eigenvalue weighted by Crippen LogP contribution is 2.23. The van der Waals surface area contributed by atoms with Crippen molar-refractivity contribution in [1.82, 2.24) is 4.98 Å². The molecule has 4 nitrogen and oxygen atoms in total. The Morgan fingerprint density at radius 1 is 1.16 bits per heavy atom. The van der Waals surface area contributed by atoms with Gasteiger partial charge in [0.2, 0.25) is 0 Å². The number of nitrogens with zero attached hydrogens (tertiary/aromatic N) is 1. The molecule has 4 heteroatoms. The van der Waals surface area contributed by atoms with Crippen LogP contribution in [0.15, 0.2) is 30.5 Å². The monoisotopic (exact) mass is 255 g/mol. The van der Waals surface area contributed by atoms with Crippen molar-refractivity contribution in [3.63, 3.8) is 0 Å². The zero-order chi connectivity index (χ0) is 14.0. The van der Waals surface area contributed by atoms with Crippen LogP contribution in [-0.4, -0.2) is 10.9 Å². The van der Waals surface area contributed by atoms with E-state index in [1.807, 2.05) is 32.9 Å². The number of nitrogens with two attached hydrogens (primary N) is 1. The number of hydrogen-bond donors (Lipinski definition) is 2. The molecule has 1 aromatic carbocycles. The van der Waals surface area contributed by atoms with Gasteiger partial charge in [0.25, 0.3) is 5.91 Å². The van der Waals surface area contributed by atoms with Crippen molar-refractivity contribution in [3.8, 4) is 0 Å². The number of nitrogen functional groups attached to an aromatic ring is 1. The maximum absolute atomic E-state index is 12.1. The third-order valence-electron chi connectivity index (χ3n) is 3.09. The lowest BCUT2D eigenvalue weighted by atomic mass is 10.1. The van der Waals surface area contributed by atoms with Crippen LogP contribution in [0.25, 0.3) is 0 Å². The quantitative estimate of drug-likeness (QED) is 0.811. The second-order valence-corrected chi connectivity index (χ2v) is 4.67. The number of pyridine rings is 1. The van der Waals surface area contributed by atoms with Crippen LogP contribution in [0.1, 0.15) is 27.2 Å². The van der Waals surface area contributed by atoms with Gasteiger partial charge >= 0.3 is 0 Å². The molecule has 98 valence electrons. The summed E-state index contributed by atoms with van der Waals surface area (Å²) in [5.74, 6) is -0.206. The Bertz CT molecular complexity index is 618. The van der Waals surface area contributed by atoms with Crippen molar-refractivity contribution in [2.75, 3.05) is 11.1 Å². The maximum Gasteiger partial charge on any atom is 0.257 e. The van der Waals surface area contributed by atoms with Crippen LogP contribution in [-0.2, 0) is 0 Å². The van der Waals surface area contributed by atoms with E-state index < -0.39 is 0 Å². The topological polar surface area (TPSA) is 68.0 Å². The van der Waals surface area contributed by atoms with E-state index in [9.17, 15) is 4.79 Å². The first-order valence-electron chi connectivity index (χ1n) is 6.08. The van der Waals surface area contributed by atoms with Crippen molar-refractivity contribution in [2.24, 2.45) is 0 Å². The highest BCUT2D eigenvalue weighted by Gasteiger charge is 2.09. The molecule has 0 saturated heterocycles. The van der Waals surface area contributed by atoms with Gasteiger partial charge < -0.3 is 11.1 Å². The molecule has 1 heterocycles.